The molecule has 1 amide bonds. The number of alkyl halides is 6. The Morgan fingerprint density at radius 1 is 1.31 bits per heavy atom. The molecule has 26 heavy (non-hydrogen) atoms. The van der Waals surface area contributed by atoms with Crippen LogP contribution in [0, 0.1) is 6.92 Å². The number of nitrogens with one attached hydrogen (secondary N) is 1. The highest BCUT2D eigenvalue weighted by molar-refractivity contribution is 5.85. The van der Waals surface area contributed by atoms with Gasteiger partial charge in [-0.3, -0.25) is 9.53 Å². The molecule has 0 aromatic carbocycles. The second-order valence-electron chi connectivity index (χ2n) is 5.88. The molecule has 1 aliphatic rings. The summed E-state index contributed by atoms with van der Waals surface area (Å²) < 4.78 is 78.8. The lowest BCUT2D eigenvalue weighted by Gasteiger charge is -2.46. The number of ether oxygens (including phenoxy) is 1. The third kappa shape index (κ3) is 4.74. The van der Waals surface area contributed by atoms with Gasteiger partial charge in [-0.25, -0.2) is 9.97 Å². The number of hydrogen-bond donors (Lipinski definition) is 1. The summed E-state index contributed by atoms with van der Waals surface area (Å²) in [4.78, 5) is 20.5. The number of likely N-dealkylation sites (tertiary alicyclic amines) is 1. The third-order valence-electron chi connectivity index (χ3n) is 3.84. The molecule has 1 saturated heterocycles. The summed E-state index contributed by atoms with van der Waals surface area (Å²) in [6.07, 6.45) is -10.7. The largest absolute Gasteiger partial charge is 0.522 e. The number of aryl methyl sites for hydroxylation is 1. The van der Waals surface area contributed by atoms with Crippen molar-refractivity contribution in [1.29, 1.82) is 0 Å². The van der Waals surface area contributed by atoms with E-state index in [1.54, 1.807) is 0 Å². The molecule has 0 bridgehead atoms. The van der Waals surface area contributed by atoms with Crippen molar-refractivity contribution in [2.45, 2.75) is 51.5 Å². The first-order chi connectivity index (χ1) is 11.8. The van der Waals surface area contributed by atoms with E-state index in [0.717, 1.165) is 4.90 Å². The minimum atomic E-state index is -4.80. The van der Waals surface area contributed by atoms with Gasteiger partial charge in [0, 0.05) is 12.6 Å². The zero-order valence-corrected chi connectivity index (χ0v) is 13.9. The van der Waals surface area contributed by atoms with E-state index in [9.17, 15) is 31.1 Å². The van der Waals surface area contributed by atoms with Crippen LogP contribution in [0.4, 0.5) is 32.2 Å². The van der Waals surface area contributed by atoms with Gasteiger partial charge in [0.15, 0.2) is 0 Å². The molecule has 12 heteroatoms. The Kier molecular flexibility index (Phi) is 5.36. The van der Waals surface area contributed by atoms with Crippen molar-refractivity contribution in [1.82, 2.24) is 14.9 Å². The molecule has 1 aromatic rings. The molecule has 2 heterocycles. The Labute approximate surface area is 144 Å². The van der Waals surface area contributed by atoms with Gasteiger partial charge < -0.3 is 10.2 Å². The first-order valence-corrected chi connectivity index (χ1v) is 7.52. The Hall–Kier alpha value is -2.11. The topological polar surface area (TPSA) is 67.4 Å². The van der Waals surface area contributed by atoms with Crippen LogP contribution in [0.25, 0.3) is 0 Å². The molecule has 0 aliphatic carbocycles. The molecule has 3 atom stereocenters. The van der Waals surface area contributed by atoms with Crippen molar-refractivity contribution in [3.63, 3.8) is 0 Å². The lowest BCUT2D eigenvalue weighted by molar-refractivity contribution is -0.359. The standard InChI is InChI=1S/C14H16F6N4O2/c1-6(12(25)24-5-9(7(24)2)26-14(18,19)20)21-11-4-10(13(15,16)17)22-8(3)23-11/h4,6-7,9H,5H2,1-3H3,(H,21,22,23)/t6-,7+,9?/m1/s1. The van der Waals surface area contributed by atoms with Crippen LogP contribution in [-0.4, -0.2) is 51.9 Å². The highest BCUT2D eigenvalue weighted by Gasteiger charge is 2.46. The zero-order chi connectivity index (χ0) is 19.9. The quantitative estimate of drug-likeness (QED) is 0.806. The van der Waals surface area contributed by atoms with E-state index < -0.39 is 42.3 Å². The van der Waals surface area contributed by atoms with Crippen LogP contribution < -0.4 is 5.32 Å². The molecule has 0 saturated carbocycles. The van der Waals surface area contributed by atoms with Crippen molar-refractivity contribution in [3.05, 3.63) is 17.6 Å². The predicted octanol–water partition coefficient (Wildman–Crippen LogP) is 2.74. The summed E-state index contributed by atoms with van der Waals surface area (Å²) in [5.74, 6) is -0.927. The summed E-state index contributed by atoms with van der Waals surface area (Å²) in [5.41, 5.74) is -1.16. The summed E-state index contributed by atoms with van der Waals surface area (Å²) >= 11 is 0. The summed E-state index contributed by atoms with van der Waals surface area (Å²) in [6.45, 7) is 3.77. The van der Waals surface area contributed by atoms with Gasteiger partial charge in [-0.05, 0) is 20.8 Å². The molecule has 1 fully saturated rings. The Balaban J connectivity index is 2.01. The van der Waals surface area contributed by atoms with E-state index in [0.29, 0.717) is 6.07 Å². The van der Waals surface area contributed by atoms with E-state index in [4.69, 9.17) is 0 Å². The fraction of sp³-hybridized carbons (Fsp3) is 0.643. The number of carbonyl (C=O) groups is 1. The van der Waals surface area contributed by atoms with Gasteiger partial charge in [0.1, 0.15) is 29.5 Å². The van der Waals surface area contributed by atoms with Crippen LogP contribution in [0.1, 0.15) is 25.4 Å². The lowest BCUT2D eigenvalue weighted by atomic mass is 10.00. The Bertz CT molecular complexity index is 678. The number of halogens is 6. The molecule has 146 valence electrons. The SMILES string of the molecule is Cc1nc(N[C@H](C)C(=O)N2CC(OC(F)(F)F)[C@@H]2C)cc(C(F)(F)F)n1. The normalized spacial score (nSPS) is 22.0. The first kappa shape index (κ1) is 20.2. The fourth-order valence-corrected chi connectivity index (χ4v) is 2.49. The van der Waals surface area contributed by atoms with Gasteiger partial charge in [-0.1, -0.05) is 0 Å². The predicted molar refractivity (Wildman–Crippen MR) is 77.0 cm³/mol. The van der Waals surface area contributed by atoms with E-state index in [1.165, 1.54) is 20.8 Å². The Morgan fingerprint density at radius 2 is 1.92 bits per heavy atom. The monoisotopic (exact) mass is 386 g/mol. The van der Waals surface area contributed by atoms with Crippen molar-refractivity contribution >= 4 is 11.7 Å². The maximum absolute atomic E-state index is 12.8. The number of anilines is 1. The summed E-state index contributed by atoms with van der Waals surface area (Å²) in [5, 5.41) is 2.52. The Morgan fingerprint density at radius 3 is 2.42 bits per heavy atom. The highest BCUT2D eigenvalue weighted by atomic mass is 19.4. The maximum atomic E-state index is 12.8. The number of hydrogen-bond acceptors (Lipinski definition) is 5. The van der Waals surface area contributed by atoms with Crippen LogP contribution in [0.2, 0.25) is 0 Å². The molecular formula is C14H16F6N4O2. The number of nitrogens with zero attached hydrogens (tertiary/aromatic N) is 3. The molecular weight excluding hydrogens is 370 g/mol. The second-order valence-corrected chi connectivity index (χ2v) is 5.88. The van der Waals surface area contributed by atoms with E-state index in [1.807, 2.05) is 0 Å². The molecule has 1 unspecified atom stereocenters. The smallest absolute Gasteiger partial charge is 0.359 e. The molecule has 2 rings (SSSR count). The number of aromatic nitrogens is 2. The van der Waals surface area contributed by atoms with Crippen molar-refractivity contribution < 1.29 is 35.9 Å². The molecule has 1 aliphatic heterocycles. The molecule has 0 spiro atoms. The maximum Gasteiger partial charge on any atom is 0.522 e. The lowest BCUT2D eigenvalue weighted by Crippen LogP contribution is -2.64. The number of carbonyl (C=O) groups excluding carboxylic acids is 1. The van der Waals surface area contributed by atoms with Crippen molar-refractivity contribution in [2.24, 2.45) is 0 Å². The van der Waals surface area contributed by atoms with Gasteiger partial charge in [0.25, 0.3) is 0 Å². The van der Waals surface area contributed by atoms with Crippen LogP contribution in [0.3, 0.4) is 0 Å². The van der Waals surface area contributed by atoms with E-state index >= 15 is 0 Å². The summed E-state index contributed by atoms with van der Waals surface area (Å²) in [6, 6.07) is -1.16. The third-order valence-corrected chi connectivity index (χ3v) is 3.84. The fourth-order valence-electron chi connectivity index (χ4n) is 2.49. The molecule has 0 radical (unpaired) electrons. The van der Waals surface area contributed by atoms with Gasteiger partial charge in [-0.2, -0.15) is 13.2 Å². The average molecular weight is 386 g/mol. The van der Waals surface area contributed by atoms with Gasteiger partial charge in [0.2, 0.25) is 5.91 Å². The zero-order valence-electron chi connectivity index (χ0n) is 13.9. The second kappa shape index (κ2) is 6.89. The van der Waals surface area contributed by atoms with Gasteiger partial charge in [-0.15, -0.1) is 13.2 Å². The van der Waals surface area contributed by atoms with Crippen molar-refractivity contribution in [2.75, 3.05) is 11.9 Å². The highest BCUT2D eigenvalue weighted by Crippen LogP contribution is 2.30. The van der Waals surface area contributed by atoms with Crippen LogP contribution in [-0.2, 0) is 15.7 Å². The van der Waals surface area contributed by atoms with Crippen LogP contribution >= 0.6 is 0 Å². The first-order valence-electron chi connectivity index (χ1n) is 7.52. The summed E-state index contributed by atoms with van der Waals surface area (Å²) in [7, 11) is 0. The molecule has 6 nitrogen and oxygen atoms in total. The van der Waals surface area contributed by atoms with Crippen LogP contribution in [0.5, 0.6) is 0 Å². The number of rotatable bonds is 4. The van der Waals surface area contributed by atoms with E-state index in [-0.39, 0.29) is 18.2 Å². The molecule has 1 N–H and O–H groups in total. The van der Waals surface area contributed by atoms with E-state index in [2.05, 4.69) is 20.0 Å². The minimum absolute atomic E-state index is 0.141. The van der Waals surface area contributed by atoms with Gasteiger partial charge >= 0.3 is 12.5 Å². The van der Waals surface area contributed by atoms with Gasteiger partial charge in [0.05, 0.1) is 6.04 Å². The number of amides is 1. The molecule has 1 aromatic heterocycles. The average Bonchev–Trinajstić information content (AvgIpc) is 2.47. The van der Waals surface area contributed by atoms with Crippen LogP contribution in [0.15, 0.2) is 6.07 Å². The van der Waals surface area contributed by atoms with Crippen molar-refractivity contribution in [3.8, 4) is 0 Å². The minimum Gasteiger partial charge on any atom is -0.359 e.